The molecule has 1 aliphatic rings. The van der Waals surface area contributed by atoms with E-state index in [4.69, 9.17) is 10.5 Å². The van der Waals surface area contributed by atoms with Gasteiger partial charge in [-0.1, -0.05) is 12.1 Å². The molecule has 2 amide bonds. The first-order valence-corrected chi connectivity index (χ1v) is 6.26. The van der Waals surface area contributed by atoms with E-state index in [1.165, 1.54) is 23.1 Å². The summed E-state index contributed by atoms with van der Waals surface area (Å²) in [6, 6.07) is 5.13. The molecule has 7 heteroatoms. The van der Waals surface area contributed by atoms with Crippen molar-refractivity contribution in [3.05, 3.63) is 30.1 Å². The third-order valence-electron chi connectivity index (χ3n) is 3.08. The molecule has 1 fully saturated rings. The third-order valence-corrected chi connectivity index (χ3v) is 3.08. The van der Waals surface area contributed by atoms with Gasteiger partial charge in [-0.2, -0.15) is 0 Å². The van der Waals surface area contributed by atoms with Gasteiger partial charge >= 0.3 is 0 Å². The Balaban J connectivity index is 1.97. The molecule has 0 radical (unpaired) electrons. The summed E-state index contributed by atoms with van der Waals surface area (Å²) >= 11 is 0. The fraction of sp³-hybridized carbons (Fsp3) is 0.385. The highest BCUT2D eigenvalue weighted by atomic mass is 19.1. The van der Waals surface area contributed by atoms with Gasteiger partial charge in [0.15, 0.2) is 18.2 Å². The minimum Gasteiger partial charge on any atom is -0.481 e. The molecule has 1 aliphatic heterocycles. The average molecular weight is 281 g/mol. The number of carbonyl (C=O) groups is 2. The zero-order chi connectivity index (χ0) is 14.5. The van der Waals surface area contributed by atoms with E-state index in [1.807, 2.05) is 0 Å². The lowest BCUT2D eigenvalue weighted by atomic mass is 10.2. The van der Waals surface area contributed by atoms with Gasteiger partial charge in [0.2, 0.25) is 5.91 Å². The molecule has 0 aliphatic carbocycles. The van der Waals surface area contributed by atoms with Gasteiger partial charge in [-0.05, 0) is 12.1 Å². The maximum atomic E-state index is 13.4. The van der Waals surface area contributed by atoms with Gasteiger partial charge in [0.25, 0.3) is 5.91 Å². The molecule has 6 nitrogen and oxygen atoms in total. The number of nitrogens with two attached hydrogens (primary N) is 1. The molecule has 0 bridgehead atoms. The maximum absolute atomic E-state index is 13.4. The van der Waals surface area contributed by atoms with Crippen LogP contribution in [0.15, 0.2) is 24.3 Å². The van der Waals surface area contributed by atoms with Crippen LogP contribution in [-0.4, -0.2) is 49.0 Å². The number of hydrogen-bond acceptors (Lipinski definition) is 4. The number of rotatable bonds is 4. The number of primary amides is 1. The zero-order valence-corrected chi connectivity index (χ0v) is 10.8. The number of hydrogen-bond donors (Lipinski definition) is 2. The summed E-state index contributed by atoms with van der Waals surface area (Å²) in [5.74, 6) is -1.49. The van der Waals surface area contributed by atoms with E-state index >= 15 is 0 Å². The van der Waals surface area contributed by atoms with Crippen molar-refractivity contribution in [3.63, 3.8) is 0 Å². The highest BCUT2D eigenvalue weighted by Gasteiger charge is 2.30. The Kier molecular flexibility index (Phi) is 4.52. The summed E-state index contributed by atoms with van der Waals surface area (Å²) in [5.41, 5.74) is 5.25. The summed E-state index contributed by atoms with van der Waals surface area (Å²) in [7, 11) is 0. The highest BCUT2D eigenvalue weighted by molar-refractivity contribution is 5.87. The number of halogens is 1. The van der Waals surface area contributed by atoms with Crippen molar-refractivity contribution >= 4 is 11.8 Å². The van der Waals surface area contributed by atoms with Gasteiger partial charge in [-0.15, -0.1) is 0 Å². The molecule has 1 aromatic rings. The minimum absolute atomic E-state index is 0.00612. The first kappa shape index (κ1) is 14.3. The van der Waals surface area contributed by atoms with Crippen molar-refractivity contribution in [2.45, 2.75) is 6.04 Å². The van der Waals surface area contributed by atoms with Crippen LogP contribution in [0.4, 0.5) is 4.39 Å². The molecule has 1 atom stereocenters. The van der Waals surface area contributed by atoms with E-state index in [0.29, 0.717) is 19.6 Å². The Labute approximate surface area is 115 Å². The van der Waals surface area contributed by atoms with Gasteiger partial charge in [0.05, 0.1) is 0 Å². The Hall–Kier alpha value is -2.15. The van der Waals surface area contributed by atoms with Crippen molar-refractivity contribution in [1.29, 1.82) is 0 Å². The number of amides is 2. The molecule has 0 saturated carbocycles. The molecule has 20 heavy (non-hydrogen) atoms. The van der Waals surface area contributed by atoms with Crippen molar-refractivity contribution in [1.82, 2.24) is 10.2 Å². The molecule has 108 valence electrons. The first-order valence-electron chi connectivity index (χ1n) is 6.26. The van der Waals surface area contributed by atoms with Crippen LogP contribution in [0.1, 0.15) is 0 Å². The second-order valence-corrected chi connectivity index (χ2v) is 4.43. The first-order chi connectivity index (χ1) is 9.59. The molecule has 3 N–H and O–H groups in total. The van der Waals surface area contributed by atoms with E-state index in [0.717, 1.165) is 0 Å². The molecular weight excluding hydrogens is 265 g/mol. The number of benzene rings is 1. The maximum Gasteiger partial charge on any atom is 0.261 e. The Morgan fingerprint density at radius 2 is 2.20 bits per heavy atom. The van der Waals surface area contributed by atoms with Crippen LogP contribution in [0.2, 0.25) is 0 Å². The fourth-order valence-electron chi connectivity index (χ4n) is 2.04. The molecule has 0 aromatic heterocycles. The summed E-state index contributed by atoms with van der Waals surface area (Å²) < 4.78 is 18.5. The monoisotopic (exact) mass is 281 g/mol. The SMILES string of the molecule is NC(=O)C1CNCCN1C(=O)COc1ccccc1F. The lowest BCUT2D eigenvalue weighted by Crippen LogP contribution is -2.59. The van der Waals surface area contributed by atoms with Crippen LogP contribution >= 0.6 is 0 Å². The zero-order valence-electron chi connectivity index (χ0n) is 10.8. The van der Waals surface area contributed by atoms with Gasteiger partial charge in [0, 0.05) is 19.6 Å². The second kappa shape index (κ2) is 6.33. The van der Waals surface area contributed by atoms with Gasteiger partial charge in [0.1, 0.15) is 6.04 Å². The smallest absolute Gasteiger partial charge is 0.261 e. The Morgan fingerprint density at radius 1 is 1.45 bits per heavy atom. The van der Waals surface area contributed by atoms with E-state index in [1.54, 1.807) is 6.07 Å². The van der Waals surface area contributed by atoms with Crippen molar-refractivity contribution in [2.75, 3.05) is 26.2 Å². The summed E-state index contributed by atoms with van der Waals surface area (Å²) in [6.45, 7) is 0.938. The predicted molar refractivity (Wildman–Crippen MR) is 69.5 cm³/mol. The van der Waals surface area contributed by atoms with Crippen LogP contribution in [0.3, 0.4) is 0 Å². The van der Waals surface area contributed by atoms with Crippen LogP contribution in [0.5, 0.6) is 5.75 Å². The summed E-state index contributed by atoms with van der Waals surface area (Å²) in [6.07, 6.45) is 0. The largest absolute Gasteiger partial charge is 0.481 e. The molecule has 1 heterocycles. The standard InChI is InChI=1S/C13H16FN3O3/c14-9-3-1-2-4-11(9)20-8-12(18)17-6-5-16-7-10(17)13(15)19/h1-4,10,16H,5-8H2,(H2,15,19). The van der Waals surface area contributed by atoms with E-state index in [-0.39, 0.29) is 12.4 Å². The summed E-state index contributed by atoms with van der Waals surface area (Å²) in [5, 5.41) is 2.99. The topological polar surface area (TPSA) is 84.7 Å². The highest BCUT2D eigenvalue weighted by Crippen LogP contribution is 2.15. The number of para-hydroxylation sites is 1. The van der Waals surface area contributed by atoms with Crippen molar-refractivity contribution < 1.29 is 18.7 Å². The van der Waals surface area contributed by atoms with Crippen LogP contribution in [-0.2, 0) is 9.59 Å². The van der Waals surface area contributed by atoms with E-state index in [2.05, 4.69) is 5.32 Å². The lowest BCUT2D eigenvalue weighted by Gasteiger charge is -2.34. The molecule has 1 aromatic carbocycles. The molecular formula is C13H16FN3O3. The van der Waals surface area contributed by atoms with Gasteiger partial charge < -0.3 is 20.7 Å². The Bertz CT molecular complexity index is 509. The number of ether oxygens (including phenoxy) is 1. The Morgan fingerprint density at radius 3 is 2.90 bits per heavy atom. The minimum atomic E-state index is -0.694. The molecule has 0 spiro atoms. The molecule has 1 unspecified atom stereocenters. The third kappa shape index (κ3) is 3.24. The van der Waals surface area contributed by atoms with E-state index in [9.17, 15) is 14.0 Å². The second-order valence-electron chi connectivity index (χ2n) is 4.43. The van der Waals surface area contributed by atoms with E-state index < -0.39 is 23.7 Å². The van der Waals surface area contributed by atoms with Crippen molar-refractivity contribution in [2.24, 2.45) is 5.73 Å². The van der Waals surface area contributed by atoms with Crippen LogP contribution in [0, 0.1) is 5.82 Å². The lowest BCUT2D eigenvalue weighted by molar-refractivity contribution is -0.142. The quantitative estimate of drug-likeness (QED) is 0.778. The number of nitrogens with one attached hydrogen (secondary N) is 1. The number of nitrogens with zero attached hydrogens (tertiary/aromatic N) is 1. The summed E-state index contributed by atoms with van der Waals surface area (Å²) in [4.78, 5) is 24.7. The van der Waals surface area contributed by atoms with Crippen LogP contribution in [0.25, 0.3) is 0 Å². The normalized spacial score (nSPS) is 18.6. The molecule has 1 saturated heterocycles. The fourth-order valence-corrected chi connectivity index (χ4v) is 2.04. The predicted octanol–water partition coefficient (Wildman–Crippen LogP) is -0.510. The van der Waals surface area contributed by atoms with Gasteiger partial charge in [-0.3, -0.25) is 9.59 Å². The number of carbonyl (C=O) groups excluding carboxylic acids is 2. The van der Waals surface area contributed by atoms with Crippen LogP contribution < -0.4 is 15.8 Å². The molecule has 2 rings (SSSR count). The van der Waals surface area contributed by atoms with Gasteiger partial charge in [-0.25, -0.2) is 4.39 Å². The van der Waals surface area contributed by atoms with Crippen molar-refractivity contribution in [3.8, 4) is 5.75 Å². The number of piperazine rings is 1. The average Bonchev–Trinajstić information content (AvgIpc) is 2.46.